The van der Waals surface area contributed by atoms with Crippen molar-refractivity contribution >= 4 is 0 Å². The van der Waals surface area contributed by atoms with E-state index in [1.54, 1.807) is 0 Å². The highest BCUT2D eigenvalue weighted by molar-refractivity contribution is 5.94. The van der Waals surface area contributed by atoms with Gasteiger partial charge in [0.05, 0.1) is 11.6 Å². The Balaban J connectivity index is 1.15. The lowest BCUT2D eigenvalue weighted by Crippen LogP contribution is -2.28. The molecule has 9 rings (SSSR count). The van der Waals surface area contributed by atoms with Crippen molar-refractivity contribution in [3.05, 3.63) is 162 Å². The Morgan fingerprint density at radius 2 is 0.980 bits per heavy atom. The van der Waals surface area contributed by atoms with Gasteiger partial charge in [-0.1, -0.05) is 141 Å². The molecule has 0 bridgehead atoms. The van der Waals surface area contributed by atoms with Gasteiger partial charge in [-0.25, -0.2) is 15.0 Å². The highest BCUT2D eigenvalue weighted by atomic mass is 15.0. The molecule has 7 aromatic rings. The van der Waals surface area contributed by atoms with Gasteiger partial charge in [-0.05, 0) is 81.6 Å². The van der Waals surface area contributed by atoms with Crippen molar-refractivity contribution in [2.45, 2.75) is 37.5 Å². The van der Waals surface area contributed by atoms with Crippen LogP contribution >= 0.6 is 0 Å². The van der Waals surface area contributed by atoms with Crippen LogP contribution in [0.1, 0.15) is 48.8 Å². The molecule has 2 aliphatic carbocycles. The largest absolute Gasteiger partial charge is 0.208 e. The number of fused-ring (bicyclic) bond motifs is 5. The molecule has 6 aromatic carbocycles. The molecule has 0 N–H and O–H groups in total. The fourth-order valence-electron chi connectivity index (χ4n) is 8.20. The van der Waals surface area contributed by atoms with Gasteiger partial charge in [-0.2, -0.15) is 5.26 Å². The topological polar surface area (TPSA) is 62.5 Å². The zero-order valence-corrected chi connectivity index (χ0v) is 27.7. The molecule has 1 saturated carbocycles. The van der Waals surface area contributed by atoms with Crippen LogP contribution in [-0.4, -0.2) is 15.0 Å². The molecule has 0 saturated heterocycles. The van der Waals surface area contributed by atoms with Gasteiger partial charge in [0.2, 0.25) is 0 Å². The molecule has 1 spiro atoms. The van der Waals surface area contributed by atoms with E-state index in [9.17, 15) is 5.26 Å². The first-order chi connectivity index (χ1) is 24.7. The molecule has 4 heteroatoms. The van der Waals surface area contributed by atoms with Crippen LogP contribution in [0.5, 0.6) is 0 Å². The van der Waals surface area contributed by atoms with Crippen LogP contribution in [0, 0.1) is 11.3 Å². The lowest BCUT2D eigenvalue weighted by atomic mass is 9.67. The number of nitriles is 1. The normalized spacial score (nSPS) is 14.1. The van der Waals surface area contributed by atoms with Crippen LogP contribution in [-0.2, 0) is 5.41 Å². The van der Waals surface area contributed by atoms with E-state index in [-0.39, 0.29) is 5.41 Å². The Kier molecular flexibility index (Phi) is 7.40. The highest BCUT2D eigenvalue weighted by Gasteiger charge is 2.44. The lowest BCUT2D eigenvalue weighted by Gasteiger charge is -2.36. The first-order valence-corrected chi connectivity index (χ1v) is 17.5. The van der Waals surface area contributed by atoms with Crippen LogP contribution < -0.4 is 0 Å². The average molecular weight is 643 g/mol. The van der Waals surface area contributed by atoms with Crippen molar-refractivity contribution in [1.82, 2.24) is 15.0 Å². The molecule has 4 nitrogen and oxygen atoms in total. The number of hydrogen-bond donors (Lipinski definition) is 0. The maximum absolute atomic E-state index is 9.86. The van der Waals surface area contributed by atoms with Crippen molar-refractivity contribution in [2.24, 2.45) is 0 Å². The van der Waals surface area contributed by atoms with Gasteiger partial charge in [-0.3, -0.25) is 0 Å². The molecule has 0 radical (unpaired) electrons. The smallest absolute Gasteiger partial charge is 0.164 e. The molecular formula is C46H34N4. The highest BCUT2D eigenvalue weighted by Crippen LogP contribution is 2.58. The summed E-state index contributed by atoms with van der Waals surface area (Å²) in [4.78, 5) is 14.8. The summed E-state index contributed by atoms with van der Waals surface area (Å²) in [7, 11) is 0. The first-order valence-electron chi connectivity index (χ1n) is 17.5. The summed E-state index contributed by atoms with van der Waals surface area (Å²) >= 11 is 0. The van der Waals surface area contributed by atoms with Crippen molar-refractivity contribution in [1.29, 1.82) is 5.26 Å². The Hall–Kier alpha value is -6.18. The first kappa shape index (κ1) is 29.9. The molecule has 50 heavy (non-hydrogen) atoms. The third-order valence-electron chi connectivity index (χ3n) is 10.5. The van der Waals surface area contributed by atoms with E-state index in [2.05, 4.69) is 84.9 Å². The Bertz CT molecular complexity index is 2360. The van der Waals surface area contributed by atoms with Crippen molar-refractivity contribution in [3.63, 3.8) is 0 Å². The summed E-state index contributed by atoms with van der Waals surface area (Å²) in [5, 5.41) is 9.86. The van der Waals surface area contributed by atoms with Gasteiger partial charge in [-0.15, -0.1) is 0 Å². The molecule has 1 heterocycles. The average Bonchev–Trinajstić information content (AvgIpc) is 3.46. The van der Waals surface area contributed by atoms with Crippen LogP contribution in [0.3, 0.4) is 0 Å². The van der Waals surface area contributed by atoms with E-state index in [1.807, 2.05) is 66.7 Å². The van der Waals surface area contributed by atoms with Gasteiger partial charge in [0.25, 0.3) is 0 Å². The Morgan fingerprint density at radius 3 is 1.62 bits per heavy atom. The summed E-state index contributed by atoms with van der Waals surface area (Å²) in [6.07, 6.45) is 6.06. The van der Waals surface area contributed by atoms with Crippen LogP contribution in [0.2, 0.25) is 0 Å². The number of benzene rings is 6. The maximum atomic E-state index is 9.86. The van der Waals surface area contributed by atoms with Gasteiger partial charge in [0.1, 0.15) is 0 Å². The van der Waals surface area contributed by atoms with Gasteiger partial charge in [0, 0.05) is 22.1 Å². The second-order valence-corrected chi connectivity index (χ2v) is 13.4. The molecule has 1 fully saturated rings. The molecule has 1 aromatic heterocycles. The predicted molar refractivity (Wildman–Crippen MR) is 201 cm³/mol. The number of nitrogens with zero attached hydrogens (tertiary/aromatic N) is 4. The fourth-order valence-corrected chi connectivity index (χ4v) is 8.20. The van der Waals surface area contributed by atoms with Crippen LogP contribution in [0.15, 0.2) is 146 Å². The Labute approximate surface area is 292 Å². The maximum Gasteiger partial charge on any atom is 0.164 e. The van der Waals surface area contributed by atoms with Crippen LogP contribution in [0.4, 0.5) is 0 Å². The number of hydrogen-bond acceptors (Lipinski definition) is 4. The molecule has 0 unspecified atom stereocenters. The molecule has 2 aliphatic rings. The third-order valence-corrected chi connectivity index (χ3v) is 10.5. The van der Waals surface area contributed by atoms with E-state index < -0.39 is 0 Å². The molecule has 0 atom stereocenters. The third kappa shape index (κ3) is 5.11. The van der Waals surface area contributed by atoms with Gasteiger partial charge >= 0.3 is 0 Å². The molecule has 0 aliphatic heterocycles. The second kappa shape index (κ2) is 12.4. The quantitative estimate of drug-likeness (QED) is 0.187. The fraction of sp³-hybridized carbons (Fsp3) is 0.130. The summed E-state index contributed by atoms with van der Waals surface area (Å²) in [5.41, 5.74) is 13.5. The van der Waals surface area contributed by atoms with Gasteiger partial charge in [0.15, 0.2) is 17.5 Å². The summed E-state index contributed by atoms with van der Waals surface area (Å²) in [6, 6.07) is 53.1. The minimum absolute atomic E-state index is 0.0284. The summed E-state index contributed by atoms with van der Waals surface area (Å²) in [5.74, 6) is 1.94. The summed E-state index contributed by atoms with van der Waals surface area (Å²) in [6.45, 7) is 0. The molecular weight excluding hydrogens is 609 g/mol. The predicted octanol–water partition coefficient (Wildman–Crippen LogP) is 11.3. The second-order valence-electron chi connectivity index (χ2n) is 13.4. The summed E-state index contributed by atoms with van der Waals surface area (Å²) < 4.78 is 0. The van der Waals surface area contributed by atoms with Crippen molar-refractivity contribution < 1.29 is 0 Å². The SMILES string of the molecule is N#Cc1ccc2c(c1)-c1c(-c3cccc(-c4cccc(-c5nc(-c6ccccc6)nc(-c6ccccc6)n5)c4)c3)cccc1C21CCCCC1. The lowest BCUT2D eigenvalue weighted by molar-refractivity contribution is 0.353. The van der Waals surface area contributed by atoms with E-state index in [4.69, 9.17) is 15.0 Å². The van der Waals surface area contributed by atoms with E-state index >= 15 is 0 Å². The Morgan fingerprint density at radius 1 is 0.440 bits per heavy atom. The number of aromatic nitrogens is 3. The zero-order valence-electron chi connectivity index (χ0n) is 27.7. The minimum atomic E-state index is 0.0284. The minimum Gasteiger partial charge on any atom is -0.208 e. The van der Waals surface area contributed by atoms with E-state index in [0.717, 1.165) is 40.7 Å². The van der Waals surface area contributed by atoms with E-state index in [0.29, 0.717) is 23.0 Å². The van der Waals surface area contributed by atoms with Crippen molar-refractivity contribution in [2.75, 3.05) is 0 Å². The number of rotatable bonds is 5. The van der Waals surface area contributed by atoms with Gasteiger partial charge < -0.3 is 0 Å². The van der Waals surface area contributed by atoms with Crippen molar-refractivity contribution in [3.8, 4) is 73.6 Å². The molecule has 238 valence electrons. The zero-order chi connectivity index (χ0) is 33.5. The standard InChI is InChI=1S/C46H34N4/c47-30-31-23-24-40-39(27-31)42-38(21-12-22-41(42)46(40)25-8-3-9-26-46)36-19-10-17-34(28-36)35-18-11-20-37(29-35)45-49-43(32-13-4-1-5-14-32)48-44(50-45)33-15-6-2-7-16-33/h1-2,4-7,10-24,27-29H,3,8-9,25-26H2. The van der Waals surface area contributed by atoms with Crippen LogP contribution in [0.25, 0.3) is 67.5 Å². The van der Waals surface area contributed by atoms with E-state index in [1.165, 1.54) is 52.6 Å². The molecule has 0 amide bonds. The monoisotopic (exact) mass is 642 g/mol.